The molecule has 6 nitrogen and oxygen atoms in total. The number of aromatic nitrogens is 5. The zero-order valence-corrected chi connectivity index (χ0v) is 10.4. The van der Waals surface area contributed by atoms with Gasteiger partial charge >= 0.3 is 0 Å². The zero-order chi connectivity index (χ0) is 13.2. The Morgan fingerprint density at radius 1 is 1.11 bits per heavy atom. The molecule has 3 aromatic heterocycles. The Morgan fingerprint density at radius 3 is 2.58 bits per heavy atom. The Bertz CT molecular complexity index is 705. The highest BCUT2D eigenvalue weighted by atomic mass is 15.2. The first-order valence-electron chi connectivity index (χ1n) is 5.77. The molecule has 0 radical (unpaired) electrons. The fourth-order valence-electron chi connectivity index (χ4n) is 1.92. The van der Waals surface area contributed by atoms with Crippen LogP contribution in [0.1, 0.15) is 5.69 Å². The molecule has 6 heteroatoms. The van der Waals surface area contributed by atoms with Gasteiger partial charge in [0.25, 0.3) is 0 Å². The number of aryl methyl sites for hydroxylation is 1. The topological polar surface area (TPSA) is 82.5 Å². The molecule has 0 aliphatic carbocycles. The SMILES string of the molecule is Cc1nc(-n2cnnc2)ccc1-c1cncc(N)c1. The molecule has 94 valence electrons. The van der Waals surface area contributed by atoms with Gasteiger partial charge in [0.1, 0.15) is 18.5 Å². The fraction of sp³-hybridized carbons (Fsp3) is 0.0769. The summed E-state index contributed by atoms with van der Waals surface area (Å²) in [5.41, 5.74) is 9.26. The van der Waals surface area contributed by atoms with E-state index >= 15 is 0 Å². The molecule has 19 heavy (non-hydrogen) atoms. The number of pyridine rings is 2. The molecule has 0 aliphatic rings. The molecule has 3 aromatic rings. The molecule has 0 saturated heterocycles. The number of hydrogen-bond acceptors (Lipinski definition) is 5. The Balaban J connectivity index is 2.05. The van der Waals surface area contributed by atoms with E-state index in [4.69, 9.17) is 5.73 Å². The summed E-state index contributed by atoms with van der Waals surface area (Å²) in [4.78, 5) is 8.63. The van der Waals surface area contributed by atoms with Crippen LogP contribution in [0.3, 0.4) is 0 Å². The van der Waals surface area contributed by atoms with Crippen LogP contribution in [0.2, 0.25) is 0 Å². The van der Waals surface area contributed by atoms with Crippen molar-refractivity contribution in [2.24, 2.45) is 0 Å². The molecule has 3 heterocycles. The van der Waals surface area contributed by atoms with E-state index in [0.717, 1.165) is 22.6 Å². The van der Waals surface area contributed by atoms with Crippen LogP contribution in [-0.2, 0) is 0 Å². The maximum absolute atomic E-state index is 5.75. The quantitative estimate of drug-likeness (QED) is 0.749. The highest BCUT2D eigenvalue weighted by molar-refractivity contribution is 5.68. The third-order valence-electron chi connectivity index (χ3n) is 2.82. The van der Waals surface area contributed by atoms with Gasteiger partial charge in [-0.2, -0.15) is 0 Å². The molecule has 0 spiro atoms. The van der Waals surface area contributed by atoms with Gasteiger partial charge in [-0.1, -0.05) is 0 Å². The summed E-state index contributed by atoms with van der Waals surface area (Å²) in [6.07, 6.45) is 6.63. The van der Waals surface area contributed by atoms with Crippen LogP contribution in [0.25, 0.3) is 16.9 Å². The average Bonchev–Trinajstić information content (AvgIpc) is 2.92. The van der Waals surface area contributed by atoms with Crippen molar-refractivity contribution >= 4 is 5.69 Å². The van der Waals surface area contributed by atoms with E-state index in [1.807, 2.05) is 25.1 Å². The van der Waals surface area contributed by atoms with Crippen LogP contribution in [0.5, 0.6) is 0 Å². The van der Waals surface area contributed by atoms with E-state index in [1.54, 1.807) is 29.6 Å². The van der Waals surface area contributed by atoms with Crippen molar-refractivity contribution in [1.82, 2.24) is 24.7 Å². The summed E-state index contributed by atoms with van der Waals surface area (Å²) >= 11 is 0. The summed E-state index contributed by atoms with van der Waals surface area (Å²) in [7, 11) is 0. The monoisotopic (exact) mass is 252 g/mol. The van der Waals surface area contributed by atoms with Gasteiger partial charge in [0, 0.05) is 29.2 Å². The lowest BCUT2D eigenvalue weighted by Gasteiger charge is -2.08. The summed E-state index contributed by atoms with van der Waals surface area (Å²) < 4.78 is 1.76. The molecule has 2 N–H and O–H groups in total. The van der Waals surface area contributed by atoms with Crippen LogP contribution in [0.15, 0.2) is 43.2 Å². The second-order valence-electron chi connectivity index (χ2n) is 4.18. The van der Waals surface area contributed by atoms with E-state index in [-0.39, 0.29) is 0 Å². The van der Waals surface area contributed by atoms with Crippen LogP contribution in [0, 0.1) is 6.92 Å². The second-order valence-corrected chi connectivity index (χ2v) is 4.18. The number of anilines is 1. The van der Waals surface area contributed by atoms with Gasteiger partial charge < -0.3 is 5.73 Å². The minimum absolute atomic E-state index is 0.639. The highest BCUT2D eigenvalue weighted by Gasteiger charge is 2.06. The second kappa shape index (κ2) is 4.49. The van der Waals surface area contributed by atoms with Gasteiger partial charge in [0.15, 0.2) is 0 Å². The Hall–Kier alpha value is -2.76. The maximum Gasteiger partial charge on any atom is 0.139 e. The molecule has 0 saturated carbocycles. The summed E-state index contributed by atoms with van der Waals surface area (Å²) in [6, 6.07) is 5.79. The number of rotatable bonds is 2. The smallest absolute Gasteiger partial charge is 0.139 e. The molecule has 0 aromatic carbocycles. The van der Waals surface area contributed by atoms with Crippen LogP contribution in [-0.4, -0.2) is 24.7 Å². The van der Waals surface area contributed by atoms with Crippen molar-refractivity contribution in [2.45, 2.75) is 6.92 Å². The third kappa shape index (κ3) is 2.15. The maximum atomic E-state index is 5.75. The minimum atomic E-state index is 0.639. The lowest BCUT2D eigenvalue weighted by molar-refractivity contribution is 0.974. The summed E-state index contributed by atoms with van der Waals surface area (Å²) in [5.74, 6) is 0.781. The van der Waals surface area contributed by atoms with Gasteiger partial charge in [0.05, 0.1) is 5.69 Å². The van der Waals surface area contributed by atoms with Crippen LogP contribution in [0.4, 0.5) is 5.69 Å². The molecule has 0 atom stereocenters. The van der Waals surface area contributed by atoms with E-state index < -0.39 is 0 Å². The van der Waals surface area contributed by atoms with Gasteiger partial charge in [0.2, 0.25) is 0 Å². The number of hydrogen-bond donors (Lipinski definition) is 1. The standard InChI is InChI=1S/C13H12N6/c1-9-12(10-4-11(14)6-15-5-10)2-3-13(18-9)19-7-16-17-8-19/h2-8H,14H2,1H3. The van der Waals surface area contributed by atoms with Crippen molar-refractivity contribution in [3.05, 3.63) is 48.9 Å². The summed E-state index contributed by atoms with van der Waals surface area (Å²) in [6.45, 7) is 1.95. The molecule has 0 fully saturated rings. The molecular weight excluding hydrogens is 240 g/mol. The van der Waals surface area contributed by atoms with E-state index in [9.17, 15) is 0 Å². The van der Waals surface area contributed by atoms with Gasteiger partial charge in [-0.15, -0.1) is 10.2 Å². The molecule has 3 rings (SSSR count). The van der Waals surface area contributed by atoms with Crippen molar-refractivity contribution in [1.29, 1.82) is 0 Å². The normalized spacial score (nSPS) is 10.6. The lowest BCUT2D eigenvalue weighted by Crippen LogP contribution is -1.98. The fourth-order valence-corrected chi connectivity index (χ4v) is 1.92. The van der Waals surface area contributed by atoms with Gasteiger partial charge in [-0.3, -0.25) is 9.55 Å². The van der Waals surface area contributed by atoms with E-state index in [1.165, 1.54) is 0 Å². The average molecular weight is 252 g/mol. The largest absolute Gasteiger partial charge is 0.397 e. The van der Waals surface area contributed by atoms with Gasteiger partial charge in [-0.05, 0) is 25.1 Å². The molecule has 0 aliphatic heterocycles. The first-order valence-corrected chi connectivity index (χ1v) is 5.77. The molecule has 0 bridgehead atoms. The zero-order valence-electron chi connectivity index (χ0n) is 10.4. The first-order chi connectivity index (χ1) is 9.24. The first kappa shape index (κ1) is 11.3. The Labute approximate surface area is 110 Å². The van der Waals surface area contributed by atoms with Crippen molar-refractivity contribution in [3.63, 3.8) is 0 Å². The number of nitrogens with two attached hydrogens (primary N) is 1. The van der Waals surface area contributed by atoms with Crippen molar-refractivity contribution < 1.29 is 0 Å². The van der Waals surface area contributed by atoms with Crippen LogP contribution >= 0.6 is 0 Å². The van der Waals surface area contributed by atoms with Crippen molar-refractivity contribution in [2.75, 3.05) is 5.73 Å². The summed E-state index contributed by atoms with van der Waals surface area (Å²) in [5, 5.41) is 7.53. The molecule has 0 unspecified atom stereocenters. The Morgan fingerprint density at radius 2 is 1.89 bits per heavy atom. The Kier molecular flexibility index (Phi) is 2.68. The van der Waals surface area contributed by atoms with Crippen LogP contribution < -0.4 is 5.73 Å². The number of nitrogen functional groups attached to an aromatic ring is 1. The predicted molar refractivity (Wildman–Crippen MR) is 71.5 cm³/mol. The highest BCUT2D eigenvalue weighted by Crippen LogP contribution is 2.23. The number of nitrogens with zero attached hydrogens (tertiary/aromatic N) is 5. The van der Waals surface area contributed by atoms with Gasteiger partial charge in [-0.25, -0.2) is 4.98 Å². The van der Waals surface area contributed by atoms with E-state index in [2.05, 4.69) is 20.2 Å². The lowest BCUT2D eigenvalue weighted by atomic mass is 10.1. The molecule has 0 amide bonds. The predicted octanol–water partition coefficient (Wildman–Crippen LogP) is 1.61. The minimum Gasteiger partial charge on any atom is -0.397 e. The van der Waals surface area contributed by atoms with Crippen molar-refractivity contribution in [3.8, 4) is 16.9 Å². The third-order valence-corrected chi connectivity index (χ3v) is 2.82. The molecular formula is C13H12N6. The van der Waals surface area contributed by atoms with E-state index in [0.29, 0.717) is 5.69 Å².